The maximum atomic E-state index is 12.6. The lowest BCUT2D eigenvalue weighted by atomic mass is 9.98. The monoisotopic (exact) mass is 546 g/mol. The number of rotatable bonds is 9. The van der Waals surface area contributed by atoms with Crippen LogP contribution in [0.1, 0.15) is 39.9 Å². The minimum absolute atomic E-state index is 0.124. The second kappa shape index (κ2) is 11.6. The minimum atomic E-state index is -5.70. The van der Waals surface area contributed by atoms with Crippen LogP contribution in [0.3, 0.4) is 0 Å². The largest absolute Gasteiger partial charge is 0.534 e. The van der Waals surface area contributed by atoms with E-state index in [4.69, 9.17) is 0 Å². The van der Waals surface area contributed by atoms with E-state index < -0.39 is 15.6 Å². The Kier molecular flexibility index (Phi) is 8.42. The van der Waals surface area contributed by atoms with E-state index in [1.165, 1.54) is 12.1 Å². The van der Waals surface area contributed by atoms with E-state index in [2.05, 4.69) is 14.4 Å². The van der Waals surface area contributed by atoms with Crippen LogP contribution in [0.2, 0.25) is 0 Å². The van der Waals surface area contributed by atoms with Crippen molar-refractivity contribution < 1.29 is 30.6 Å². The third-order valence-corrected chi connectivity index (χ3v) is 7.50. The Labute approximate surface area is 220 Å². The minimum Gasteiger partial charge on any atom is -0.376 e. The molecule has 38 heavy (non-hydrogen) atoms. The lowest BCUT2D eigenvalue weighted by Crippen LogP contribution is -2.32. The predicted octanol–water partition coefficient (Wildman–Crippen LogP) is 5.46. The SMILES string of the molecule is Cc1cc(C(=O)NCCCCN2CCc3ccc(OS(=O)(=O)C(F)(F)F)cc3C2)ccc1-c1ccccc1. The fraction of sp³-hybridized carbons (Fsp3) is 0.321. The molecule has 1 N–H and O–H groups in total. The van der Waals surface area contributed by atoms with Crippen LogP contribution in [-0.2, 0) is 23.1 Å². The summed E-state index contributed by atoms with van der Waals surface area (Å²) in [6.45, 7) is 4.52. The highest BCUT2D eigenvalue weighted by Crippen LogP contribution is 2.30. The molecule has 3 aromatic rings. The number of nitrogens with one attached hydrogen (secondary N) is 1. The van der Waals surface area contributed by atoms with E-state index in [-0.39, 0.29) is 11.7 Å². The summed E-state index contributed by atoms with van der Waals surface area (Å²) in [4.78, 5) is 14.7. The third-order valence-electron chi connectivity index (χ3n) is 6.52. The van der Waals surface area contributed by atoms with Gasteiger partial charge < -0.3 is 9.50 Å². The lowest BCUT2D eigenvalue weighted by Gasteiger charge is -2.29. The third kappa shape index (κ3) is 6.73. The van der Waals surface area contributed by atoms with E-state index in [0.717, 1.165) is 53.7 Å². The van der Waals surface area contributed by atoms with E-state index in [9.17, 15) is 26.4 Å². The number of alkyl halides is 3. The van der Waals surface area contributed by atoms with Crippen LogP contribution in [0.5, 0.6) is 5.75 Å². The molecule has 0 aromatic heterocycles. The topological polar surface area (TPSA) is 75.7 Å². The smallest absolute Gasteiger partial charge is 0.376 e. The molecule has 0 saturated heterocycles. The molecule has 1 aliphatic heterocycles. The number of hydrogen-bond donors (Lipinski definition) is 1. The molecular formula is C28H29F3N2O4S. The van der Waals surface area contributed by atoms with Crippen molar-refractivity contribution in [2.24, 2.45) is 0 Å². The highest BCUT2D eigenvalue weighted by molar-refractivity contribution is 7.88. The fourth-order valence-electron chi connectivity index (χ4n) is 4.52. The molecule has 1 amide bonds. The molecule has 0 aliphatic carbocycles. The number of nitrogens with zero attached hydrogens (tertiary/aromatic N) is 1. The van der Waals surface area contributed by atoms with E-state index in [1.54, 1.807) is 6.07 Å². The van der Waals surface area contributed by atoms with Gasteiger partial charge in [-0.05, 0) is 84.8 Å². The lowest BCUT2D eigenvalue weighted by molar-refractivity contribution is -0.0500. The number of carbonyl (C=O) groups excluding carboxylic acids is 1. The zero-order valence-electron chi connectivity index (χ0n) is 20.9. The molecule has 10 heteroatoms. The Balaban J connectivity index is 1.23. The Bertz CT molecular complexity index is 1390. The molecule has 0 atom stereocenters. The van der Waals surface area contributed by atoms with Gasteiger partial charge in [0.2, 0.25) is 0 Å². The van der Waals surface area contributed by atoms with Crippen molar-refractivity contribution in [3.63, 3.8) is 0 Å². The highest BCUT2D eigenvalue weighted by Gasteiger charge is 2.48. The zero-order valence-corrected chi connectivity index (χ0v) is 21.7. The Morgan fingerprint density at radius 1 is 1.00 bits per heavy atom. The number of unbranched alkanes of at least 4 members (excludes halogenated alkanes) is 1. The van der Waals surface area contributed by atoms with Gasteiger partial charge in [-0.3, -0.25) is 9.69 Å². The second-order valence-corrected chi connectivity index (χ2v) is 10.8. The molecule has 0 unspecified atom stereocenters. The van der Waals surface area contributed by atoms with E-state index in [1.807, 2.05) is 55.5 Å². The molecule has 0 radical (unpaired) electrons. The van der Waals surface area contributed by atoms with Crippen molar-refractivity contribution in [3.05, 3.63) is 89.0 Å². The van der Waals surface area contributed by atoms with Crippen molar-refractivity contribution in [1.82, 2.24) is 10.2 Å². The van der Waals surface area contributed by atoms with Gasteiger partial charge in [-0.15, -0.1) is 0 Å². The summed E-state index contributed by atoms with van der Waals surface area (Å²) in [5.74, 6) is -0.473. The average Bonchev–Trinajstić information content (AvgIpc) is 2.87. The van der Waals surface area contributed by atoms with Crippen LogP contribution in [0.4, 0.5) is 13.2 Å². The molecule has 4 rings (SSSR count). The Morgan fingerprint density at radius 3 is 2.47 bits per heavy atom. The van der Waals surface area contributed by atoms with E-state index >= 15 is 0 Å². The molecule has 0 spiro atoms. The predicted molar refractivity (Wildman–Crippen MR) is 139 cm³/mol. The first-order valence-electron chi connectivity index (χ1n) is 12.3. The van der Waals surface area contributed by atoms with Gasteiger partial charge in [0.15, 0.2) is 0 Å². The molecule has 6 nitrogen and oxygen atoms in total. The summed E-state index contributed by atoms with van der Waals surface area (Å²) in [5.41, 5.74) is 0.0551. The Hall–Kier alpha value is -3.37. The quantitative estimate of drug-likeness (QED) is 0.219. The Morgan fingerprint density at radius 2 is 1.76 bits per heavy atom. The second-order valence-electron chi connectivity index (χ2n) is 9.30. The molecule has 0 bridgehead atoms. The van der Waals surface area contributed by atoms with Crippen molar-refractivity contribution in [2.45, 2.75) is 38.2 Å². The maximum absolute atomic E-state index is 12.6. The highest BCUT2D eigenvalue weighted by atomic mass is 32.2. The van der Waals surface area contributed by atoms with Gasteiger partial charge in [0.25, 0.3) is 5.91 Å². The van der Waals surface area contributed by atoms with Gasteiger partial charge in [0, 0.05) is 25.2 Å². The molecule has 1 aliphatic rings. The molecular weight excluding hydrogens is 517 g/mol. The maximum Gasteiger partial charge on any atom is 0.534 e. The number of fused-ring (bicyclic) bond motifs is 1. The number of halogens is 3. The normalized spacial score (nSPS) is 14.1. The number of carbonyl (C=O) groups is 1. The summed E-state index contributed by atoms with van der Waals surface area (Å²) in [6.07, 6.45) is 2.29. The number of hydrogen-bond acceptors (Lipinski definition) is 5. The first kappa shape index (κ1) is 27.7. The van der Waals surface area contributed by atoms with Crippen LogP contribution < -0.4 is 9.50 Å². The van der Waals surface area contributed by atoms with Gasteiger partial charge in [0.05, 0.1) is 0 Å². The number of aryl methyl sites for hydroxylation is 1. The first-order valence-corrected chi connectivity index (χ1v) is 13.7. The van der Waals surface area contributed by atoms with Gasteiger partial charge in [-0.25, -0.2) is 0 Å². The number of benzene rings is 3. The summed E-state index contributed by atoms with van der Waals surface area (Å²) in [6, 6.07) is 19.9. The van der Waals surface area contributed by atoms with Crippen LogP contribution in [0, 0.1) is 6.92 Å². The van der Waals surface area contributed by atoms with Crippen molar-refractivity contribution in [1.29, 1.82) is 0 Å². The van der Waals surface area contributed by atoms with Crippen molar-refractivity contribution >= 4 is 16.0 Å². The average molecular weight is 547 g/mol. The standard InChI is InChI=1S/C28H29F3N2O4S/c1-20-17-23(10-12-26(20)22-7-3-2-4-8-22)27(34)32-14-5-6-15-33-16-13-21-9-11-25(18-24(21)19-33)37-38(35,36)28(29,30)31/h2-4,7-12,17-18H,5-6,13-16,19H2,1H3,(H,32,34). The van der Waals surface area contributed by atoms with Crippen molar-refractivity contribution in [3.8, 4) is 16.9 Å². The van der Waals surface area contributed by atoms with Gasteiger partial charge in [0.1, 0.15) is 5.75 Å². The van der Waals surface area contributed by atoms with E-state index in [0.29, 0.717) is 25.1 Å². The van der Waals surface area contributed by atoms with Crippen LogP contribution in [-0.4, -0.2) is 44.4 Å². The fourth-order valence-corrected chi connectivity index (χ4v) is 4.97. The zero-order chi connectivity index (χ0) is 27.3. The summed E-state index contributed by atoms with van der Waals surface area (Å²) in [7, 11) is -5.70. The van der Waals surface area contributed by atoms with Gasteiger partial charge >= 0.3 is 15.6 Å². The van der Waals surface area contributed by atoms with Crippen LogP contribution in [0.25, 0.3) is 11.1 Å². The first-order chi connectivity index (χ1) is 18.0. The summed E-state index contributed by atoms with van der Waals surface area (Å²) >= 11 is 0. The molecule has 0 saturated carbocycles. The van der Waals surface area contributed by atoms with Crippen molar-refractivity contribution in [2.75, 3.05) is 19.6 Å². The molecule has 202 valence electrons. The van der Waals surface area contributed by atoms with Crippen LogP contribution in [0.15, 0.2) is 66.7 Å². The summed E-state index contributed by atoms with van der Waals surface area (Å²) in [5, 5.41) is 2.96. The van der Waals surface area contributed by atoms with Crippen LogP contribution >= 0.6 is 0 Å². The molecule has 0 fully saturated rings. The molecule has 1 heterocycles. The van der Waals surface area contributed by atoms with Gasteiger partial charge in [-0.2, -0.15) is 21.6 Å². The molecule has 3 aromatic carbocycles. The number of amides is 1. The summed E-state index contributed by atoms with van der Waals surface area (Å²) < 4.78 is 64.7. The van der Waals surface area contributed by atoms with Gasteiger partial charge in [-0.1, -0.05) is 42.5 Å².